The van der Waals surface area contributed by atoms with Crippen LogP contribution in [0.15, 0.2) is 12.6 Å². The quantitative estimate of drug-likeness (QED) is 0.646. The van der Waals surface area contributed by atoms with Gasteiger partial charge in [-0.2, -0.15) is 0 Å². The van der Waals surface area contributed by atoms with Gasteiger partial charge in [0.05, 0.1) is 0 Å². The summed E-state index contributed by atoms with van der Waals surface area (Å²) < 4.78 is 0. The van der Waals surface area contributed by atoms with Crippen molar-refractivity contribution in [2.24, 2.45) is 0 Å². The molecular weight excluding hydrogens is 168 g/mol. The first-order valence-corrected chi connectivity index (χ1v) is 5.22. The Kier molecular flexibility index (Phi) is 3.15. The first kappa shape index (κ1) is 11.0. The zero-order valence-corrected chi connectivity index (χ0v) is 9.94. The summed E-state index contributed by atoms with van der Waals surface area (Å²) in [6.45, 7) is 14.9. The van der Waals surface area contributed by atoms with E-state index >= 15 is 0 Å². The lowest BCUT2D eigenvalue weighted by Crippen LogP contribution is -2.00. The minimum atomic E-state index is 0.592. The second kappa shape index (κ2) is 4.00. The Labute approximate surface area is 87.7 Å². The van der Waals surface area contributed by atoms with Gasteiger partial charge in [-0.05, 0) is 54.5 Å². The van der Waals surface area contributed by atoms with E-state index in [1.807, 2.05) is 6.08 Å². The van der Waals surface area contributed by atoms with Crippen LogP contribution in [0.2, 0.25) is 0 Å². The van der Waals surface area contributed by atoms with Crippen LogP contribution in [0.4, 0.5) is 0 Å². The van der Waals surface area contributed by atoms with Crippen LogP contribution in [0, 0.1) is 20.8 Å². The van der Waals surface area contributed by atoms with Crippen LogP contribution in [-0.2, 0) is 0 Å². The van der Waals surface area contributed by atoms with Gasteiger partial charge in [0.2, 0.25) is 0 Å². The third kappa shape index (κ3) is 1.75. The van der Waals surface area contributed by atoms with Crippen molar-refractivity contribution in [3.63, 3.8) is 0 Å². The lowest BCUT2D eigenvalue weighted by molar-refractivity contribution is 0.844. The normalized spacial score (nSPS) is 10.7. The minimum absolute atomic E-state index is 0.592. The van der Waals surface area contributed by atoms with Crippen molar-refractivity contribution in [3.05, 3.63) is 40.5 Å². The second-order valence-corrected chi connectivity index (χ2v) is 4.32. The molecule has 76 valence electrons. The van der Waals surface area contributed by atoms with Gasteiger partial charge < -0.3 is 0 Å². The van der Waals surface area contributed by atoms with Crippen molar-refractivity contribution < 1.29 is 0 Å². The van der Waals surface area contributed by atoms with E-state index in [-0.39, 0.29) is 0 Å². The van der Waals surface area contributed by atoms with Crippen LogP contribution < -0.4 is 0 Å². The summed E-state index contributed by atoms with van der Waals surface area (Å²) in [7, 11) is 0. The van der Waals surface area contributed by atoms with E-state index < -0.39 is 0 Å². The molecule has 0 radical (unpaired) electrons. The Morgan fingerprint density at radius 3 is 2.14 bits per heavy atom. The standard InChI is InChI=1S/C14H20/c1-7-13-10(4)8-11(5)14(9(2)3)12(13)6/h7-9H,1H2,2-6H3. The third-order valence-electron chi connectivity index (χ3n) is 2.87. The van der Waals surface area contributed by atoms with Gasteiger partial charge in [0, 0.05) is 0 Å². The topological polar surface area (TPSA) is 0 Å². The Morgan fingerprint density at radius 2 is 1.71 bits per heavy atom. The van der Waals surface area contributed by atoms with Gasteiger partial charge in [-0.25, -0.2) is 0 Å². The highest BCUT2D eigenvalue weighted by atomic mass is 14.2. The van der Waals surface area contributed by atoms with E-state index in [1.165, 1.54) is 27.8 Å². The first-order chi connectivity index (χ1) is 6.49. The van der Waals surface area contributed by atoms with E-state index in [1.54, 1.807) is 0 Å². The molecule has 0 atom stereocenters. The summed E-state index contributed by atoms with van der Waals surface area (Å²) in [6, 6.07) is 2.26. The average molecular weight is 188 g/mol. The lowest BCUT2D eigenvalue weighted by atomic mass is 9.88. The summed E-state index contributed by atoms with van der Waals surface area (Å²) in [5.74, 6) is 0.592. The zero-order chi connectivity index (χ0) is 10.9. The number of hydrogen-bond acceptors (Lipinski definition) is 0. The molecule has 0 spiro atoms. The minimum Gasteiger partial charge on any atom is -0.0985 e. The summed E-state index contributed by atoms with van der Waals surface area (Å²) in [5, 5.41) is 0. The maximum Gasteiger partial charge on any atom is -0.0201 e. The molecule has 0 aliphatic rings. The van der Waals surface area contributed by atoms with E-state index in [2.05, 4.69) is 47.3 Å². The Balaban J connectivity index is 3.51. The van der Waals surface area contributed by atoms with Crippen LogP contribution >= 0.6 is 0 Å². The maximum absolute atomic E-state index is 3.88. The lowest BCUT2D eigenvalue weighted by Gasteiger charge is -2.17. The van der Waals surface area contributed by atoms with Crippen LogP contribution in [0.1, 0.15) is 47.6 Å². The molecular formula is C14H20. The molecule has 0 fully saturated rings. The molecule has 0 amide bonds. The van der Waals surface area contributed by atoms with Gasteiger partial charge in [-0.1, -0.05) is 32.6 Å². The Hall–Kier alpha value is -1.04. The van der Waals surface area contributed by atoms with E-state index in [9.17, 15) is 0 Å². The molecule has 0 heterocycles. The van der Waals surface area contributed by atoms with Gasteiger partial charge in [0.25, 0.3) is 0 Å². The predicted octanol–water partition coefficient (Wildman–Crippen LogP) is 4.38. The van der Waals surface area contributed by atoms with Crippen LogP contribution in [0.25, 0.3) is 6.08 Å². The molecule has 1 aromatic rings. The van der Waals surface area contributed by atoms with Gasteiger partial charge in [-0.3, -0.25) is 0 Å². The molecule has 0 bridgehead atoms. The first-order valence-electron chi connectivity index (χ1n) is 5.22. The molecule has 0 unspecified atom stereocenters. The monoisotopic (exact) mass is 188 g/mol. The summed E-state index contributed by atoms with van der Waals surface area (Å²) in [4.78, 5) is 0. The highest BCUT2D eigenvalue weighted by Crippen LogP contribution is 2.28. The van der Waals surface area contributed by atoms with E-state index in [4.69, 9.17) is 0 Å². The number of aryl methyl sites for hydroxylation is 2. The fourth-order valence-corrected chi connectivity index (χ4v) is 2.42. The van der Waals surface area contributed by atoms with Crippen molar-refractivity contribution in [3.8, 4) is 0 Å². The SMILES string of the molecule is C=Cc1c(C)cc(C)c(C(C)C)c1C. The van der Waals surface area contributed by atoms with Gasteiger partial charge in [0.15, 0.2) is 0 Å². The van der Waals surface area contributed by atoms with Gasteiger partial charge in [0.1, 0.15) is 0 Å². The van der Waals surface area contributed by atoms with Crippen LogP contribution in [0.5, 0.6) is 0 Å². The van der Waals surface area contributed by atoms with Crippen LogP contribution in [-0.4, -0.2) is 0 Å². The highest BCUT2D eigenvalue weighted by molar-refractivity contribution is 5.60. The maximum atomic E-state index is 3.88. The fraction of sp³-hybridized carbons (Fsp3) is 0.429. The summed E-state index contributed by atoms with van der Waals surface area (Å²) in [5.41, 5.74) is 6.91. The zero-order valence-electron chi connectivity index (χ0n) is 9.94. The van der Waals surface area contributed by atoms with Crippen LogP contribution in [0.3, 0.4) is 0 Å². The van der Waals surface area contributed by atoms with E-state index in [0.717, 1.165) is 0 Å². The predicted molar refractivity (Wildman–Crippen MR) is 64.8 cm³/mol. The van der Waals surface area contributed by atoms with Crippen molar-refractivity contribution in [2.75, 3.05) is 0 Å². The number of hydrogen-bond donors (Lipinski definition) is 0. The average Bonchev–Trinajstić information content (AvgIpc) is 2.02. The molecule has 0 aromatic heterocycles. The number of benzene rings is 1. The molecule has 0 saturated heterocycles. The van der Waals surface area contributed by atoms with Crippen molar-refractivity contribution in [2.45, 2.75) is 40.5 Å². The molecule has 0 aliphatic heterocycles. The molecule has 0 saturated carbocycles. The molecule has 14 heavy (non-hydrogen) atoms. The molecule has 0 nitrogen and oxygen atoms in total. The Bertz CT molecular complexity index is 357. The Morgan fingerprint density at radius 1 is 1.14 bits per heavy atom. The molecule has 0 N–H and O–H groups in total. The molecule has 1 aromatic carbocycles. The second-order valence-electron chi connectivity index (χ2n) is 4.32. The summed E-state index contributed by atoms with van der Waals surface area (Å²) >= 11 is 0. The number of rotatable bonds is 2. The van der Waals surface area contributed by atoms with Gasteiger partial charge in [-0.15, -0.1) is 0 Å². The molecule has 1 rings (SSSR count). The van der Waals surface area contributed by atoms with Crippen molar-refractivity contribution in [1.29, 1.82) is 0 Å². The van der Waals surface area contributed by atoms with E-state index in [0.29, 0.717) is 5.92 Å². The fourth-order valence-electron chi connectivity index (χ4n) is 2.42. The van der Waals surface area contributed by atoms with Crippen molar-refractivity contribution >= 4 is 6.08 Å². The largest absolute Gasteiger partial charge is 0.0985 e. The van der Waals surface area contributed by atoms with Gasteiger partial charge >= 0.3 is 0 Å². The smallest absolute Gasteiger partial charge is 0.0201 e. The molecule has 0 heteroatoms. The highest BCUT2D eigenvalue weighted by Gasteiger charge is 2.11. The third-order valence-corrected chi connectivity index (χ3v) is 2.87. The summed E-state index contributed by atoms with van der Waals surface area (Å²) in [6.07, 6.45) is 1.97. The van der Waals surface area contributed by atoms with Crippen molar-refractivity contribution in [1.82, 2.24) is 0 Å². The molecule has 0 aliphatic carbocycles.